The van der Waals surface area contributed by atoms with Gasteiger partial charge in [0.25, 0.3) is 0 Å². The van der Waals surface area contributed by atoms with Crippen molar-refractivity contribution in [2.75, 3.05) is 26.2 Å². The first kappa shape index (κ1) is 27.0. The van der Waals surface area contributed by atoms with Crippen molar-refractivity contribution in [2.45, 2.75) is 59.3 Å². The van der Waals surface area contributed by atoms with E-state index in [2.05, 4.69) is 46.4 Å². The highest BCUT2D eigenvalue weighted by molar-refractivity contribution is 14.0. The molecule has 0 fully saturated rings. The molecule has 0 saturated heterocycles. The maximum atomic E-state index is 13.0. The molecule has 1 atom stereocenters. The third-order valence-electron chi connectivity index (χ3n) is 4.31. The highest BCUT2D eigenvalue weighted by Crippen LogP contribution is 2.30. The number of halogens is 4. The normalized spacial score (nSPS) is 13.4. The molecular formula is C18H34F3IN6. The van der Waals surface area contributed by atoms with Gasteiger partial charge in [-0.1, -0.05) is 13.8 Å². The number of aliphatic imine (C=N–C) groups is 1. The molecule has 164 valence electrons. The topological polar surface area (TPSA) is 57.5 Å². The van der Waals surface area contributed by atoms with Gasteiger partial charge in [0.1, 0.15) is 0 Å². The molecule has 1 aromatic heterocycles. The van der Waals surface area contributed by atoms with Crippen LogP contribution in [0.2, 0.25) is 0 Å². The van der Waals surface area contributed by atoms with Crippen molar-refractivity contribution in [3.05, 3.63) is 17.5 Å². The van der Waals surface area contributed by atoms with Crippen LogP contribution in [0.3, 0.4) is 0 Å². The molecule has 2 N–H and O–H groups in total. The van der Waals surface area contributed by atoms with E-state index in [1.807, 2.05) is 6.92 Å². The van der Waals surface area contributed by atoms with Crippen LogP contribution in [-0.4, -0.2) is 52.9 Å². The summed E-state index contributed by atoms with van der Waals surface area (Å²) in [6.07, 6.45) is -1.10. The summed E-state index contributed by atoms with van der Waals surface area (Å²) in [5.41, 5.74) is -0.812. The Hall–Kier alpha value is -1.04. The molecule has 0 amide bonds. The van der Waals surface area contributed by atoms with Crippen LogP contribution in [0.5, 0.6) is 0 Å². The number of hydrogen-bond acceptors (Lipinski definition) is 3. The number of aromatic nitrogens is 2. The summed E-state index contributed by atoms with van der Waals surface area (Å²) in [6, 6.07) is 0.175. The first-order valence-electron chi connectivity index (χ1n) is 9.58. The number of aryl methyl sites for hydroxylation is 1. The molecule has 0 aliphatic carbocycles. The van der Waals surface area contributed by atoms with Crippen molar-refractivity contribution in [3.63, 3.8) is 0 Å². The predicted octanol–water partition coefficient (Wildman–Crippen LogP) is 3.62. The number of nitrogens with one attached hydrogen (secondary N) is 2. The average Bonchev–Trinajstić information content (AvgIpc) is 2.98. The highest BCUT2D eigenvalue weighted by Gasteiger charge is 2.36. The molecule has 1 rings (SSSR count). The number of nitrogens with zero attached hydrogens (tertiary/aromatic N) is 4. The minimum absolute atomic E-state index is 0. The number of rotatable bonds is 10. The van der Waals surface area contributed by atoms with E-state index in [0.717, 1.165) is 32.5 Å². The van der Waals surface area contributed by atoms with E-state index in [9.17, 15) is 13.2 Å². The Balaban J connectivity index is 0.00000729. The summed E-state index contributed by atoms with van der Waals surface area (Å²) >= 11 is 0. The van der Waals surface area contributed by atoms with Gasteiger partial charge < -0.3 is 15.5 Å². The summed E-state index contributed by atoms with van der Waals surface area (Å²) < 4.78 is 40.3. The second kappa shape index (κ2) is 13.2. The molecule has 0 bridgehead atoms. The molecule has 0 radical (unpaired) electrons. The van der Waals surface area contributed by atoms with Gasteiger partial charge in [0, 0.05) is 31.4 Å². The lowest BCUT2D eigenvalue weighted by Crippen LogP contribution is -2.42. The molecule has 0 saturated carbocycles. The predicted molar refractivity (Wildman–Crippen MR) is 118 cm³/mol. The summed E-state index contributed by atoms with van der Waals surface area (Å²) in [5, 5.41) is 9.88. The van der Waals surface area contributed by atoms with E-state index >= 15 is 0 Å². The second-order valence-corrected chi connectivity index (χ2v) is 6.58. The van der Waals surface area contributed by atoms with E-state index < -0.39 is 11.9 Å². The molecule has 1 unspecified atom stereocenters. The second-order valence-electron chi connectivity index (χ2n) is 6.58. The number of guanidine groups is 1. The van der Waals surface area contributed by atoms with Gasteiger partial charge in [0.05, 0.1) is 6.54 Å². The maximum absolute atomic E-state index is 13.0. The largest absolute Gasteiger partial charge is 0.435 e. The van der Waals surface area contributed by atoms with E-state index in [-0.39, 0.29) is 42.1 Å². The van der Waals surface area contributed by atoms with Gasteiger partial charge in [-0.2, -0.15) is 18.3 Å². The van der Waals surface area contributed by atoms with Gasteiger partial charge in [-0.3, -0.25) is 4.68 Å². The highest BCUT2D eigenvalue weighted by atomic mass is 127. The van der Waals surface area contributed by atoms with Crippen LogP contribution >= 0.6 is 24.0 Å². The summed E-state index contributed by atoms with van der Waals surface area (Å²) in [6.45, 7) is 11.9. The van der Waals surface area contributed by atoms with Gasteiger partial charge in [-0.05, 0) is 46.3 Å². The molecule has 10 heteroatoms. The van der Waals surface area contributed by atoms with Crippen molar-refractivity contribution in [3.8, 4) is 0 Å². The molecule has 6 nitrogen and oxygen atoms in total. The van der Waals surface area contributed by atoms with Gasteiger partial charge in [-0.15, -0.1) is 24.0 Å². The van der Waals surface area contributed by atoms with Crippen molar-refractivity contribution >= 4 is 29.9 Å². The summed E-state index contributed by atoms with van der Waals surface area (Å²) in [5.74, 6) is 0.518. The van der Waals surface area contributed by atoms with Crippen LogP contribution in [0, 0.1) is 0 Å². The van der Waals surface area contributed by atoms with Crippen LogP contribution in [0.1, 0.15) is 51.8 Å². The molecule has 1 aromatic rings. The van der Waals surface area contributed by atoms with Gasteiger partial charge in [0.2, 0.25) is 0 Å². The van der Waals surface area contributed by atoms with Crippen LogP contribution < -0.4 is 10.6 Å². The minimum atomic E-state index is -4.48. The molecule has 0 aliphatic heterocycles. The van der Waals surface area contributed by atoms with E-state index in [0.29, 0.717) is 12.5 Å². The Morgan fingerprint density at radius 2 is 1.93 bits per heavy atom. The van der Waals surface area contributed by atoms with Crippen molar-refractivity contribution in [1.29, 1.82) is 0 Å². The molecule has 1 heterocycles. The zero-order valence-corrected chi connectivity index (χ0v) is 19.8. The summed E-state index contributed by atoms with van der Waals surface area (Å²) in [7, 11) is 1.48. The fourth-order valence-electron chi connectivity index (χ4n) is 2.84. The van der Waals surface area contributed by atoms with E-state index in [1.54, 1.807) is 0 Å². The zero-order valence-electron chi connectivity index (χ0n) is 17.4. The Kier molecular flexibility index (Phi) is 12.7. The Labute approximate surface area is 183 Å². The minimum Gasteiger partial charge on any atom is -0.357 e. The zero-order chi connectivity index (χ0) is 20.4. The Morgan fingerprint density at radius 1 is 1.29 bits per heavy atom. The van der Waals surface area contributed by atoms with Crippen LogP contribution in [-0.2, 0) is 19.8 Å². The third kappa shape index (κ3) is 9.44. The fourth-order valence-corrected chi connectivity index (χ4v) is 2.84. The number of hydrogen-bond donors (Lipinski definition) is 2. The monoisotopic (exact) mass is 518 g/mol. The Bertz CT molecular complexity index is 584. The summed E-state index contributed by atoms with van der Waals surface area (Å²) in [4.78, 5) is 6.69. The SMILES string of the molecule is CCNC(=NCc1cn(C)nc1C(F)(F)F)NC(C)CCCN(CC)CC.I. The van der Waals surface area contributed by atoms with Crippen molar-refractivity contribution in [1.82, 2.24) is 25.3 Å². The van der Waals surface area contributed by atoms with E-state index in [4.69, 9.17) is 0 Å². The first-order chi connectivity index (χ1) is 12.7. The lowest BCUT2D eigenvalue weighted by molar-refractivity contribution is -0.142. The van der Waals surface area contributed by atoms with Gasteiger partial charge >= 0.3 is 6.18 Å². The molecule has 0 aromatic carbocycles. The van der Waals surface area contributed by atoms with Gasteiger partial charge in [-0.25, -0.2) is 4.99 Å². The van der Waals surface area contributed by atoms with Crippen molar-refractivity contribution < 1.29 is 13.2 Å². The van der Waals surface area contributed by atoms with Crippen LogP contribution in [0.25, 0.3) is 0 Å². The molecular weight excluding hydrogens is 484 g/mol. The van der Waals surface area contributed by atoms with Crippen LogP contribution in [0.4, 0.5) is 13.2 Å². The quantitative estimate of drug-likeness (QED) is 0.282. The maximum Gasteiger partial charge on any atom is 0.435 e. The van der Waals surface area contributed by atoms with Gasteiger partial charge in [0.15, 0.2) is 11.7 Å². The van der Waals surface area contributed by atoms with E-state index in [1.165, 1.54) is 17.9 Å². The lowest BCUT2D eigenvalue weighted by atomic mass is 10.2. The Morgan fingerprint density at radius 3 is 2.46 bits per heavy atom. The van der Waals surface area contributed by atoms with Crippen molar-refractivity contribution in [2.24, 2.45) is 12.0 Å². The molecule has 0 spiro atoms. The third-order valence-corrected chi connectivity index (χ3v) is 4.31. The standard InChI is InChI=1S/C18H33F3N6.HI/c1-6-22-17(24-14(4)10-9-11-27(7-2)8-3)23-12-15-13-26(5)25-16(15)18(19,20)21;/h13-14H,6-12H2,1-5H3,(H2,22,23,24);1H. The van der Waals surface area contributed by atoms with Crippen LogP contribution in [0.15, 0.2) is 11.2 Å². The average molecular weight is 518 g/mol. The smallest absolute Gasteiger partial charge is 0.357 e. The fraction of sp³-hybridized carbons (Fsp3) is 0.778. The molecule has 28 heavy (non-hydrogen) atoms. The first-order valence-corrected chi connectivity index (χ1v) is 9.58. The molecule has 0 aliphatic rings. The lowest BCUT2D eigenvalue weighted by Gasteiger charge is -2.21. The number of alkyl halides is 3.